The number of nitrogens with zero attached hydrogens (tertiary/aromatic N) is 4. The van der Waals surface area contributed by atoms with Gasteiger partial charge in [-0.3, -0.25) is 9.69 Å². The lowest BCUT2D eigenvalue weighted by Crippen LogP contribution is -2.49. The summed E-state index contributed by atoms with van der Waals surface area (Å²) in [5, 5.41) is 0. The Hall–Kier alpha value is -2.51. The summed E-state index contributed by atoms with van der Waals surface area (Å²) >= 11 is 0. The Labute approximate surface area is 197 Å². The fourth-order valence-electron chi connectivity index (χ4n) is 4.55. The molecule has 178 valence electrons. The van der Waals surface area contributed by atoms with Gasteiger partial charge in [-0.1, -0.05) is 24.3 Å². The van der Waals surface area contributed by atoms with Gasteiger partial charge in [0.1, 0.15) is 5.60 Å². The molecule has 0 bridgehead atoms. The minimum absolute atomic E-state index is 0.169. The number of aromatic nitrogens is 2. The number of rotatable bonds is 6. The first kappa shape index (κ1) is 23.6. The van der Waals surface area contributed by atoms with E-state index < -0.39 is 5.60 Å². The number of benzene rings is 1. The fourth-order valence-corrected chi connectivity index (χ4v) is 4.55. The fraction of sp³-hybridized carbons (Fsp3) is 0.577. The highest BCUT2D eigenvalue weighted by Gasteiger charge is 2.26. The van der Waals surface area contributed by atoms with Crippen LogP contribution in [0.1, 0.15) is 45.6 Å². The van der Waals surface area contributed by atoms with Gasteiger partial charge in [-0.25, -0.2) is 9.97 Å². The van der Waals surface area contributed by atoms with E-state index in [1.165, 1.54) is 0 Å². The maximum atomic E-state index is 12.0. The van der Waals surface area contributed by atoms with Crippen LogP contribution in [0.3, 0.4) is 0 Å². The predicted molar refractivity (Wildman–Crippen MR) is 129 cm³/mol. The predicted octanol–water partition coefficient (Wildman–Crippen LogP) is 3.72. The lowest BCUT2D eigenvalue weighted by atomic mass is 10.0. The minimum Gasteiger partial charge on any atom is -0.460 e. The molecule has 3 heterocycles. The van der Waals surface area contributed by atoms with Crippen molar-refractivity contribution in [2.24, 2.45) is 0 Å². The van der Waals surface area contributed by atoms with Gasteiger partial charge >= 0.3 is 5.97 Å². The van der Waals surface area contributed by atoms with E-state index in [1.54, 1.807) is 0 Å². The summed E-state index contributed by atoms with van der Waals surface area (Å²) in [5.74, 6) is 0.637. The number of morpholine rings is 1. The lowest BCUT2D eigenvalue weighted by molar-refractivity contribution is -0.154. The first-order valence-corrected chi connectivity index (χ1v) is 12.1. The third-order valence-electron chi connectivity index (χ3n) is 6.25. The van der Waals surface area contributed by atoms with Gasteiger partial charge in [0, 0.05) is 56.6 Å². The average molecular weight is 453 g/mol. The van der Waals surface area contributed by atoms with E-state index in [0.29, 0.717) is 18.9 Å². The van der Waals surface area contributed by atoms with Gasteiger partial charge in [-0.15, -0.1) is 0 Å². The van der Waals surface area contributed by atoms with Gasteiger partial charge in [0.05, 0.1) is 13.2 Å². The van der Waals surface area contributed by atoms with E-state index in [1.807, 2.05) is 45.3 Å². The first-order chi connectivity index (χ1) is 15.9. The zero-order valence-electron chi connectivity index (χ0n) is 20.1. The topological polar surface area (TPSA) is 67.8 Å². The second-order valence-corrected chi connectivity index (χ2v) is 9.93. The molecule has 2 aliphatic rings. The number of piperidine rings is 1. The Morgan fingerprint density at radius 3 is 2.42 bits per heavy atom. The number of esters is 1. The molecule has 0 aliphatic carbocycles. The zero-order valence-corrected chi connectivity index (χ0v) is 20.1. The molecule has 2 aliphatic heterocycles. The molecule has 1 aromatic heterocycles. The summed E-state index contributed by atoms with van der Waals surface area (Å²) in [6.07, 6.45) is 7.12. The Morgan fingerprint density at radius 1 is 1.06 bits per heavy atom. The van der Waals surface area contributed by atoms with E-state index in [2.05, 4.69) is 31.9 Å². The van der Waals surface area contributed by atoms with Gasteiger partial charge in [-0.05, 0) is 51.2 Å². The molecule has 4 rings (SSSR count). The van der Waals surface area contributed by atoms with Crippen molar-refractivity contribution in [3.8, 4) is 11.1 Å². The normalized spacial score (nSPS) is 18.3. The summed E-state index contributed by atoms with van der Waals surface area (Å²) < 4.78 is 10.9. The number of carbonyl (C=O) groups is 1. The van der Waals surface area contributed by atoms with Gasteiger partial charge in [-0.2, -0.15) is 0 Å². The Kier molecular flexibility index (Phi) is 7.60. The lowest BCUT2D eigenvalue weighted by Gasteiger charge is -2.40. The third-order valence-corrected chi connectivity index (χ3v) is 6.25. The van der Waals surface area contributed by atoms with Gasteiger partial charge in [0.25, 0.3) is 0 Å². The summed E-state index contributed by atoms with van der Waals surface area (Å²) in [4.78, 5) is 26.2. The molecule has 0 spiro atoms. The van der Waals surface area contributed by atoms with Crippen LogP contribution in [-0.4, -0.2) is 71.9 Å². The summed E-state index contributed by atoms with van der Waals surface area (Å²) in [6.45, 7) is 11.5. The largest absolute Gasteiger partial charge is 0.460 e. The first-order valence-electron chi connectivity index (χ1n) is 12.1. The molecule has 7 heteroatoms. The molecule has 2 fully saturated rings. The van der Waals surface area contributed by atoms with Crippen LogP contribution in [0.4, 0.5) is 5.95 Å². The highest BCUT2D eigenvalue weighted by atomic mass is 16.6. The van der Waals surface area contributed by atoms with Crippen molar-refractivity contribution >= 4 is 11.9 Å². The number of hydrogen-bond acceptors (Lipinski definition) is 7. The molecule has 0 radical (unpaired) electrons. The molecule has 0 saturated carbocycles. The molecule has 0 unspecified atom stereocenters. The maximum Gasteiger partial charge on any atom is 0.306 e. The van der Waals surface area contributed by atoms with Crippen molar-refractivity contribution in [1.29, 1.82) is 0 Å². The van der Waals surface area contributed by atoms with Gasteiger partial charge in [0.2, 0.25) is 5.95 Å². The molecular formula is C26H36N4O3. The number of carbonyl (C=O) groups excluding carboxylic acids is 1. The van der Waals surface area contributed by atoms with E-state index in [9.17, 15) is 4.79 Å². The standard InChI is InChI=1S/C26H36N4O3/c1-26(2,3)33-24(31)8-7-20-5-4-6-21(17-20)22-18-27-25(28-19-22)30-11-9-23(10-12-30)29-13-15-32-16-14-29/h4-6,17-19,23H,7-16H2,1-3H3. The minimum atomic E-state index is -0.449. The van der Waals surface area contributed by atoms with Crippen LogP contribution in [0.2, 0.25) is 0 Å². The second kappa shape index (κ2) is 10.6. The third kappa shape index (κ3) is 6.74. The summed E-state index contributed by atoms with van der Waals surface area (Å²) in [5.41, 5.74) is 2.71. The molecule has 0 amide bonds. The second-order valence-electron chi connectivity index (χ2n) is 9.93. The molecular weight excluding hydrogens is 416 g/mol. The molecule has 33 heavy (non-hydrogen) atoms. The van der Waals surface area contributed by atoms with E-state index in [0.717, 1.165) is 74.9 Å². The molecule has 1 aromatic carbocycles. The highest BCUT2D eigenvalue weighted by Crippen LogP contribution is 2.24. The number of anilines is 1. The van der Waals surface area contributed by atoms with Crippen LogP contribution in [0, 0.1) is 0 Å². The van der Waals surface area contributed by atoms with Crippen molar-refractivity contribution < 1.29 is 14.3 Å². The quantitative estimate of drug-likeness (QED) is 0.619. The smallest absolute Gasteiger partial charge is 0.306 e. The molecule has 0 N–H and O–H groups in total. The van der Waals surface area contributed by atoms with E-state index in [-0.39, 0.29) is 5.97 Å². The van der Waals surface area contributed by atoms with Gasteiger partial charge in [0.15, 0.2) is 0 Å². The summed E-state index contributed by atoms with van der Waals surface area (Å²) in [6, 6.07) is 8.87. The Balaban J connectivity index is 1.32. The van der Waals surface area contributed by atoms with Crippen molar-refractivity contribution in [3.05, 3.63) is 42.2 Å². The van der Waals surface area contributed by atoms with E-state index >= 15 is 0 Å². The van der Waals surface area contributed by atoms with Crippen LogP contribution in [0.25, 0.3) is 11.1 Å². The monoisotopic (exact) mass is 452 g/mol. The molecule has 0 atom stereocenters. The van der Waals surface area contributed by atoms with Crippen molar-refractivity contribution in [1.82, 2.24) is 14.9 Å². The van der Waals surface area contributed by atoms with Crippen molar-refractivity contribution in [2.45, 2.75) is 58.1 Å². The van der Waals surface area contributed by atoms with Crippen molar-refractivity contribution in [3.63, 3.8) is 0 Å². The molecule has 2 saturated heterocycles. The maximum absolute atomic E-state index is 12.0. The zero-order chi connectivity index (χ0) is 23.3. The number of ether oxygens (including phenoxy) is 2. The highest BCUT2D eigenvalue weighted by molar-refractivity contribution is 5.70. The number of aryl methyl sites for hydroxylation is 1. The van der Waals surface area contributed by atoms with Crippen molar-refractivity contribution in [2.75, 3.05) is 44.3 Å². The SMILES string of the molecule is CC(C)(C)OC(=O)CCc1cccc(-c2cnc(N3CCC(N4CCOCC4)CC3)nc2)c1. The van der Waals surface area contributed by atoms with Crippen LogP contribution < -0.4 is 4.90 Å². The molecule has 2 aromatic rings. The molecule has 7 nitrogen and oxygen atoms in total. The van der Waals surface area contributed by atoms with Crippen LogP contribution in [-0.2, 0) is 20.7 Å². The van der Waals surface area contributed by atoms with Crippen LogP contribution >= 0.6 is 0 Å². The van der Waals surface area contributed by atoms with Gasteiger partial charge < -0.3 is 14.4 Å². The number of hydrogen-bond donors (Lipinski definition) is 0. The average Bonchev–Trinajstić information content (AvgIpc) is 2.83. The summed E-state index contributed by atoms with van der Waals surface area (Å²) in [7, 11) is 0. The van der Waals surface area contributed by atoms with Crippen LogP contribution in [0.15, 0.2) is 36.7 Å². The Morgan fingerprint density at radius 2 is 1.76 bits per heavy atom. The van der Waals surface area contributed by atoms with E-state index in [4.69, 9.17) is 9.47 Å². The van der Waals surface area contributed by atoms with Crippen LogP contribution in [0.5, 0.6) is 0 Å². The Bertz CT molecular complexity index is 912.